The van der Waals surface area contributed by atoms with E-state index in [0.29, 0.717) is 16.3 Å². The molecule has 0 unspecified atom stereocenters. The Hall–Kier alpha value is -2.12. The van der Waals surface area contributed by atoms with E-state index in [1.807, 2.05) is 0 Å². The van der Waals surface area contributed by atoms with Crippen LogP contribution in [0.2, 0.25) is 5.02 Å². The van der Waals surface area contributed by atoms with Crippen LogP contribution in [0.25, 0.3) is 0 Å². The van der Waals surface area contributed by atoms with Crippen LogP contribution >= 0.6 is 23.4 Å². The fraction of sp³-hybridized carbons (Fsp3) is 0.176. The lowest BCUT2D eigenvalue weighted by Crippen LogP contribution is -2.26. The zero-order valence-electron chi connectivity index (χ0n) is 12.6. The van der Waals surface area contributed by atoms with Crippen LogP contribution in [0.4, 0.5) is 14.5 Å². The number of benzene rings is 2. The molecule has 0 saturated carbocycles. The monoisotopic (exact) mass is 383 g/mol. The first-order valence-electron chi connectivity index (χ1n) is 7.28. The highest BCUT2D eigenvalue weighted by Crippen LogP contribution is 2.46. The molecule has 2 N–H and O–H groups in total. The van der Waals surface area contributed by atoms with Crippen molar-refractivity contribution in [2.24, 2.45) is 0 Å². The molecule has 0 bridgehead atoms. The molecule has 1 heterocycles. The summed E-state index contributed by atoms with van der Waals surface area (Å²) in [6.45, 7) is 0. The van der Waals surface area contributed by atoms with Crippen LogP contribution in [0.1, 0.15) is 22.8 Å². The van der Waals surface area contributed by atoms with E-state index in [1.165, 1.54) is 12.1 Å². The van der Waals surface area contributed by atoms with Gasteiger partial charge in [0.25, 0.3) is 0 Å². The first kappa shape index (κ1) is 17.7. The topological polar surface area (TPSA) is 66.4 Å². The highest BCUT2D eigenvalue weighted by Gasteiger charge is 2.34. The summed E-state index contributed by atoms with van der Waals surface area (Å²) in [6, 6.07) is 8.45. The van der Waals surface area contributed by atoms with Crippen LogP contribution in [0.3, 0.4) is 0 Å². The second kappa shape index (κ2) is 7.01. The van der Waals surface area contributed by atoms with Gasteiger partial charge in [0.05, 0.1) is 16.9 Å². The Labute approximate surface area is 151 Å². The highest BCUT2D eigenvalue weighted by molar-refractivity contribution is 8.01. The Morgan fingerprint density at radius 3 is 2.72 bits per heavy atom. The predicted molar refractivity (Wildman–Crippen MR) is 91.9 cm³/mol. The van der Waals surface area contributed by atoms with Gasteiger partial charge in [-0.05, 0) is 29.8 Å². The normalized spacial score (nSPS) is 19.7. The van der Waals surface area contributed by atoms with E-state index in [0.717, 1.165) is 17.8 Å². The summed E-state index contributed by atoms with van der Waals surface area (Å²) in [4.78, 5) is 23.4. The third-order valence-electron chi connectivity index (χ3n) is 3.77. The third-order valence-corrected chi connectivity index (χ3v) is 5.50. The zero-order valence-corrected chi connectivity index (χ0v) is 14.2. The Bertz CT molecular complexity index is 862. The van der Waals surface area contributed by atoms with E-state index < -0.39 is 40.4 Å². The number of aliphatic carboxylic acids is 1. The standard InChI is InChI=1S/C17H12ClF2NO3S/c18-8-4-5-12-10(6-8)16(9-2-1-3-11(19)15(9)20)25-13(7-14(22)23)17(24)21-12/h1-6,13,16H,7H2,(H,21,24)(H,22,23)/t13-,16-/m1/s1. The van der Waals surface area contributed by atoms with Gasteiger partial charge in [-0.2, -0.15) is 0 Å². The summed E-state index contributed by atoms with van der Waals surface area (Å²) in [5.41, 5.74) is 0.909. The number of thioether (sulfide) groups is 1. The molecule has 0 saturated heterocycles. The maximum Gasteiger partial charge on any atom is 0.305 e. The molecular formula is C17H12ClF2NO3S. The molecule has 3 rings (SSSR count). The lowest BCUT2D eigenvalue weighted by Gasteiger charge is -2.20. The van der Waals surface area contributed by atoms with Gasteiger partial charge in [0.1, 0.15) is 0 Å². The van der Waals surface area contributed by atoms with Crippen molar-refractivity contribution >= 4 is 40.9 Å². The van der Waals surface area contributed by atoms with Crippen molar-refractivity contribution in [2.75, 3.05) is 5.32 Å². The quantitative estimate of drug-likeness (QED) is 0.832. The summed E-state index contributed by atoms with van der Waals surface area (Å²) < 4.78 is 28.0. The van der Waals surface area contributed by atoms with Gasteiger partial charge in [0.15, 0.2) is 11.6 Å². The van der Waals surface area contributed by atoms with Crippen molar-refractivity contribution in [3.8, 4) is 0 Å². The maximum absolute atomic E-state index is 14.4. The largest absolute Gasteiger partial charge is 0.481 e. The van der Waals surface area contributed by atoms with E-state index >= 15 is 0 Å². The van der Waals surface area contributed by atoms with Crippen LogP contribution in [-0.4, -0.2) is 22.2 Å². The number of carbonyl (C=O) groups excluding carboxylic acids is 1. The second-order valence-electron chi connectivity index (χ2n) is 5.47. The van der Waals surface area contributed by atoms with Crippen molar-refractivity contribution in [1.29, 1.82) is 0 Å². The molecule has 25 heavy (non-hydrogen) atoms. The number of rotatable bonds is 3. The summed E-state index contributed by atoms with van der Waals surface area (Å²) in [5, 5.41) is 10.3. The van der Waals surface area contributed by atoms with Gasteiger partial charge in [-0.3, -0.25) is 9.59 Å². The molecule has 0 radical (unpaired) electrons. The van der Waals surface area contributed by atoms with Crippen LogP contribution in [-0.2, 0) is 9.59 Å². The van der Waals surface area contributed by atoms with Crippen LogP contribution in [0.5, 0.6) is 0 Å². The molecule has 2 atom stereocenters. The molecule has 0 spiro atoms. The van der Waals surface area contributed by atoms with Crippen molar-refractivity contribution < 1.29 is 23.5 Å². The zero-order chi connectivity index (χ0) is 18.1. The van der Waals surface area contributed by atoms with E-state index in [9.17, 15) is 18.4 Å². The molecule has 130 valence electrons. The minimum atomic E-state index is -1.16. The maximum atomic E-state index is 14.4. The number of hydrogen-bond donors (Lipinski definition) is 2. The number of hydrogen-bond acceptors (Lipinski definition) is 3. The van der Waals surface area contributed by atoms with Crippen LogP contribution in [0.15, 0.2) is 36.4 Å². The van der Waals surface area contributed by atoms with Crippen molar-refractivity contribution in [3.05, 3.63) is 64.2 Å². The lowest BCUT2D eigenvalue weighted by molar-refractivity contribution is -0.138. The van der Waals surface area contributed by atoms with E-state index in [1.54, 1.807) is 18.2 Å². The average Bonchev–Trinajstić information content (AvgIpc) is 2.67. The highest BCUT2D eigenvalue weighted by atomic mass is 35.5. The summed E-state index contributed by atoms with van der Waals surface area (Å²) >= 11 is 6.98. The van der Waals surface area contributed by atoms with Crippen LogP contribution < -0.4 is 5.32 Å². The number of carboxylic acid groups (broad SMARTS) is 1. The van der Waals surface area contributed by atoms with Gasteiger partial charge in [-0.1, -0.05) is 23.7 Å². The minimum absolute atomic E-state index is 0.0282. The Morgan fingerprint density at radius 2 is 2.00 bits per heavy atom. The van der Waals surface area contributed by atoms with E-state index in [2.05, 4.69) is 5.32 Å². The second-order valence-corrected chi connectivity index (χ2v) is 7.22. The fourth-order valence-electron chi connectivity index (χ4n) is 2.64. The number of halogens is 3. The molecular weight excluding hydrogens is 372 g/mol. The number of amides is 1. The van der Waals surface area contributed by atoms with Gasteiger partial charge in [0, 0.05) is 16.3 Å². The summed E-state index contributed by atoms with van der Waals surface area (Å²) in [7, 11) is 0. The van der Waals surface area contributed by atoms with Crippen molar-refractivity contribution in [2.45, 2.75) is 16.9 Å². The van der Waals surface area contributed by atoms with E-state index in [4.69, 9.17) is 16.7 Å². The summed E-state index contributed by atoms with van der Waals surface area (Å²) in [5.74, 6) is -3.71. The van der Waals surface area contributed by atoms with Gasteiger partial charge in [0.2, 0.25) is 5.91 Å². The molecule has 2 aromatic carbocycles. The molecule has 0 aromatic heterocycles. The Balaban J connectivity index is 2.15. The smallest absolute Gasteiger partial charge is 0.305 e. The number of fused-ring (bicyclic) bond motifs is 1. The minimum Gasteiger partial charge on any atom is -0.481 e. The number of anilines is 1. The molecule has 4 nitrogen and oxygen atoms in total. The molecule has 2 aromatic rings. The molecule has 8 heteroatoms. The van der Waals surface area contributed by atoms with E-state index in [-0.39, 0.29) is 5.56 Å². The van der Waals surface area contributed by atoms with Gasteiger partial charge in [-0.15, -0.1) is 11.8 Å². The SMILES string of the molecule is O=C(O)C[C@H]1S[C@H](c2cccc(F)c2F)c2cc(Cl)ccc2NC1=O. The molecule has 0 aliphatic carbocycles. The number of nitrogens with one attached hydrogen (secondary N) is 1. The third kappa shape index (κ3) is 3.62. The molecule has 1 aliphatic heterocycles. The van der Waals surface area contributed by atoms with Crippen molar-refractivity contribution in [1.82, 2.24) is 0 Å². The fourth-order valence-corrected chi connectivity index (χ4v) is 4.24. The van der Waals surface area contributed by atoms with Gasteiger partial charge >= 0.3 is 5.97 Å². The molecule has 0 fully saturated rings. The first-order valence-corrected chi connectivity index (χ1v) is 8.60. The van der Waals surface area contributed by atoms with Crippen LogP contribution in [0, 0.1) is 11.6 Å². The summed E-state index contributed by atoms with van der Waals surface area (Å²) in [6.07, 6.45) is -0.439. The molecule has 1 aliphatic rings. The number of carboxylic acids is 1. The lowest BCUT2D eigenvalue weighted by atomic mass is 10.0. The Morgan fingerprint density at radius 1 is 1.24 bits per heavy atom. The van der Waals surface area contributed by atoms with Gasteiger partial charge in [-0.25, -0.2) is 8.78 Å². The first-order chi connectivity index (χ1) is 11.9. The Kier molecular flexibility index (Phi) is 4.96. The van der Waals surface area contributed by atoms with Crippen molar-refractivity contribution in [3.63, 3.8) is 0 Å². The predicted octanol–water partition coefficient (Wildman–Crippen LogP) is 4.24. The number of carbonyl (C=O) groups is 2. The van der Waals surface area contributed by atoms with Gasteiger partial charge < -0.3 is 10.4 Å². The molecule has 1 amide bonds. The average molecular weight is 384 g/mol.